The van der Waals surface area contributed by atoms with Crippen LogP contribution in [0.5, 0.6) is 0 Å². The molecule has 0 aliphatic carbocycles. The van der Waals surface area contributed by atoms with E-state index in [0.717, 1.165) is 0 Å². The van der Waals surface area contributed by atoms with Crippen molar-refractivity contribution < 1.29 is 14.5 Å². The number of nitro groups is 1. The molecule has 9 heteroatoms. The zero-order valence-electron chi connectivity index (χ0n) is 14.4. The lowest BCUT2D eigenvalue weighted by Crippen LogP contribution is -2.55. The molecule has 0 unspecified atom stereocenters. The van der Waals surface area contributed by atoms with E-state index in [0.29, 0.717) is 26.2 Å². The van der Waals surface area contributed by atoms with Crippen molar-refractivity contribution in [1.29, 1.82) is 0 Å². The molecule has 0 spiro atoms. The second-order valence-electron chi connectivity index (χ2n) is 6.55. The maximum atomic E-state index is 12.1. The van der Waals surface area contributed by atoms with Gasteiger partial charge < -0.3 is 9.64 Å². The first kappa shape index (κ1) is 17.9. The SMILES string of the molecule is CN(c1ncccc1[N+](=O)[O-])N1CCN(C(=O)OC(C)(C)C)CC1. The smallest absolute Gasteiger partial charge is 0.410 e. The fourth-order valence-corrected chi connectivity index (χ4v) is 2.42. The fourth-order valence-electron chi connectivity index (χ4n) is 2.42. The number of piperazine rings is 1. The minimum absolute atomic E-state index is 0.0467. The summed E-state index contributed by atoms with van der Waals surface area (Å²) in [5, 5.41) is 14.7. The highest BCUT2D eigenvalue weighted by Crippen LogP contribution is 2.25. The molecule has 132 valence electrons. The molecule has 1 aromatic heterocycles. The van der Waals surface area contributed by atoms with Gasteiger partial charge in [-0.2, -0.15) is 0 Å². The van der Waals surface area contributed by atoms with E-state index in [1.165, 1.54) is 18.3 Å². The number of pyridine rings is 1. The predicted octanol–water partition coefficient (Wildman–Crippen LogP) is 1.89. The van der Waals surface area contributed by atoms with Crippen molar-refractivity contribution in [2.45, 2.75) is 26.4 Å². The average molecular weight is 337 g/mol. The molecular formula is C15H23N5O4. The molecule has 0 radical (unpaired) electrons. The lowest BCUT2D eigenvalue weighted by molar-refractivity contribution is -0.384. The number of aromatic nitrogens is 1. The van der Waals surface area contributed by atoms with Gasteiger partial charge in [0.2, 0.25) is 5.82 Å². The van der Waals surface area contributed by atoms with Crippen LogP contribution in [0.4, 0.5) is 16.3 Å². The van der Waals surface area contributed by atoms with E-state index in [2.05, 4.69) is 4.98 Å². The molecule has 0 bridgehead atoms. The molecule has 9 nitrogen and oxygen atoms in total. The summed E-state index contributed by atoms with van der Waals surface area (Å²) < 4.78 is 5.36. The van der Waals surface area contributed by atoms with Crippen molar-refractivity contribution in [1.82, 2.24) is 14.9 Å². The Morgan fingerprint density at radius 2 is 1.96 bits per heavy atom. The van der Waals surface area contributed by atoms with Crippen molar-refractivity contribution >= 4 is 17.6 Å². The van der Waals surface area contributed by atoms with Crippen molar-refractivity contribution in [3.05, 3.63) is 28.4 Å². The van der Waals surface area contributed by atoms with E-state index in [1.807, 2.05) is 25.8 Å². The summed E-state index contributed by atoms with van der Waals surface area (Å²) >= 11 is 0. The highest BCUT2D eigenvalue weighted by Gasteiger charge is 2.29. The summed E-state index contributed by atoms with van der Waals surface area (Å²) in [7, 11) is 1.73. The molecule has 1 amide bonds. The Labute approximate surface area is 140 Å². The number of carbonyl (C=O) groups is 1. The van der Waals surface area contributed by atoms with Gasteiger partial charge in [0.1, 0.15) is 5.60 Å². The molecule has 1 fully saturated rings. The molecular weight excluding hydrogens is 314 g/mol. The van der Waals surface area contributed by atoms with Gasteiger partial charge in [-0.25, -0.2) is 14.8 Å². The Bertz CT molecular complexity index is 608. The number of ether oxygens (including phenoxy) is 1. The zero-order chi connectivity index (χ0) is 17.9. The van der Waals surface area contributed by atoms with Gasteiger partial charge in [0.25, 0.3) is 0 Å². The highest BCUT2D eigenvalue weighted by atomic mass is 16.6. The van der Waals surface area contributed by atoms with Gasteiger partial charge >= 0.3 is 11.8 Å². The van der Waals surface area contributed by atoms with Crippen molar-refractivity contribution in [3.8, 4) is 0 Å². The second-order valence-corrected chi connectivity index (χ2v) is 6.55. The number of carbonyl (C=O) groups excluding carboxylic acids is 1. The van der Waals surface area contributed by atoms with Crippen LogP contribution in [0.1, 0.15) is 20.8 Å². The largest absolute Gasteiger partial charge is 0.444 e. The van der Waals surface area contributed by atoms with Crippen LogP contribution in [0, 0.1) is 10.1 Å². The third kappa shape index (κ3) is 4.31. The predicted molar refractivity (Wildman–Crippen MR) is 88.7 cm³/mol. The summed E-state index contributed by atoms with van der Waals surface area (Å²) in [4.78, 5) is 28.5. The Balaban J connectivity index is 2.00. The molecule has 2 rings (SSSR count). The van der Waals surface area contributed by atoms with Crippen LogP contribution < -0.4 is 5.01 Å². The number of anilines is 1. The first-order valence-corrected chi connectivity index (χ1v) is 7.75. The van der Waals surface area contributed by atoms with E-state index in [1.54, 1.807) is 17.0 Å². The van der Waals surface area contributed by atoms with Gasteiger partial charge in [0.15, 0.2) is 0 Å². The fraction of sp³-hybridized carbons (Fsp3) is 0.600. The van der Waals surface area contributed by atoms with Gasteiger partial charge in [-0.3, -0.25) is 15.1 Å². The number of rotatable bonds is 3. The molecule has 24 heavy (non-hydrogen) atoms. The Hall–Kier alpha value is -2.42. The first-order valence-electron chi connectivity index (χ1n) is 7.75. The number of hydrogen-bond donors (Lipinski definition) is 0. The third-order valence-electron chi connectivity index (χ3n) is 3.60. The topological polar surface area (TPSA) is 92.0 Å². The Morgan fingerprint density at radius 3 is 2.50 bits per heavy atom. The van der Waals surface area contributed by atoms with E-state index >= 15 is 0 Å². The summed E-state index contributed by atoms with van der Waals surface area (Å²) in [5.74, 6) is 0.285. The van der Waals surface area contributed by atoms with Crippen molar-refractivity contribution in [2.24, 2.45) is 0 Å². The maximum absolute atomic E-state index is 12.1. The molecule has 0 N–H and O–H groups in total. The van der Waals surface area contributed by atoms with Gasteiger partial charge in [-0.15, -0.1) is 0 Å². The minimum atomic E-state index is -0.528. The van der Waals surface area contributed by atoms with Crippen LogP contribution in [0.15, 0.2) is 18.3 Å². The molecule has 0 atom stereocenters. The van der Waals surface area contributed by atoms with Crippen LogP contribution >= 0.6 is 0 Å². The minimum Gasteiger partial charge on any atom is -0.444 e. The number of hydrogen-bond acceptors (Lipinski definition) is 7. The van der Waals surface area contributed by atoms with Crippen LogP contribution in [0.25, 0.3) is 0 Å². The molecule has 1 aliphatic heterocycles. The van der Waals surface area contributed by atoms with Crippen LogP contribution in [0.3, 0.4) is 0 Å². The van der Waals surface area contributed by atoms with Crippen LogP contribution in [-0.2, 0) is 4.74 Å². The first-order chi connectivity index (χ1) is 11.2. The van der Waals surface area contributed by atoms with Crippen molar-refractivity contribution in [3.63, 3.8) is 0 Å². The van der Waals surface area contributed by atoms with Gasteiger partial charge in [-0.05, 0) is 26.8 Å². The maximum Gasteiger partial charge on any atom is 0.410 e. The summed E-state index contributed by atoms with van der Waals surface area (Å²) in [6, 6.07) is 2.96. The van der Waals surface area contributed by atoms with E-state index in [4.69, 9.17) is 4.74 Å². The molecule has 1 saturated heterocycles. The standard InChI is InChI=1S/C15H23N5O4/c1-15(2,3)24-14(21)18-8-10-19(11-9-18)17(4)13-12(20(22)23)6-5-7-16-13/h5-7H,8-11H2,1-4H3. The molecule has 1 aliphatic rings. The van der Waals surface area contributed by atoms with Gasteiger partial charge in [0.05, 0.1) is 4.92 Å². The average Bonchev–Trinajstić information content (AvgIpc) is 2.52. The van der Waals surface area contributed by atoms with Crippen molar-refractivity contribution in [2.75, 3.05) is 38.2 Å². The summed E-state index contributed by atoms with van der Waals surface area (Å²) in [6.45, 7) is 7.55. The lowest BCUT2D eigenvalue weighted by atomic mass is 10.2. The second kappa shape index (κ2) is 7.00. The highest BCUT2D eigenvalue weighted by molar-refractivity contribution is 5.68. The molecule has 1 aromatic rings. The number of amides is 1. The lowest BCUT2D eigenvalue weighted by Gasteiger charge is -2.39. The third-order valence-corrected chi connectivity index (χ3v) is 3.60. The Morgan fingerprint density at radius 1 is 1.33 bits per heavy atom. The number of nitrogens with zero attached hydrogens (tertiary/aromatic N) is 5. The summed E-state index contributed by atoms with van der Waals surface area (Å²) in [5.41, 5.74) is -0.575. The van der Waals surface area contributed by atoms with Gasteiger partial charge in [-0.1, -0.05) is 0 Å². The normalized spacial score (nSPS) is 15.9. The monoisotopic (exact) mass is 337 g/mol. The molecule has 0 aromatic carbocycles. The van der Waals surface area contributed by atoms with E-state index in [-0.39, 0.29) is 17.6 Å². The quantitative estimate of drug-likeness (QED) is 0.614. The summed E-state index contributed by atoms with van der Waals surface area (Å²) in [6.07, 6.45) is 1.18. The van der Waals surface area contributed by atoms with E-state index in [9.17, 15) is 14.9 Å². The van der Waals surface area contributed by atoms with Gasteiger partial charge in [0, 0.05) is 45.5 Å². The zero-order valence-corrected chi connectivity index (χ0v) is 14.4. The molecule has 2 heterocycles. The molecule has 0 saturated carbocycles. The number of hydrazine groups is 1. The van der Waals surface area contributed by atoms with Crippen LogP contribution in [-0.4, -0.2) is 64.7 Å². The van der Waals surface area contributed by atoms with E-state index < -0.39 is 10.5 Å². The van der Waals surface area contributed by atoms with Crippen LogP contribution in [0.2, 0.25) is 0 Å². The Kier molecular flexibility index (Phi) is 5.23.